The molecule has 0 atom stereocenters. The van der Waals surface area contributed by atoms with Gasteiger partial charge in [0.1, 0.15) is 6.33 Å². The Hall–Kier alpha value is -6.31. The van der Waals surface area contributed by atoms with Crippen LogP contribution < -0.4 is 10.6 Å². The fraction of sp³-hybridized carbons (Fsp3) is 0.530. The molecule has 0 aliphatic heterocycles. The van der Waals surface area contributed by atoms with Crippen LogP contribution in [-0.2, 0) is 46.5 Å². The molecule has 0 saturated carbocycles. The SMILES string of the molecule is CC(C)(C)c1ccc2c(c1)CCC2.Cc1cc(C(C)(C)C)c(C)nc1C.Cc1ccc(C(=O)NC(C)(C)C)cc1C.Cc1ccc(C(C)(C)C)c(C)c1C.Cc1ccc(CNC(C)(C)C)cc1C.Cc1cnccc1C(C)(C)C.Cc1ncncc1C(C)(C)C. The highest BCUT2D eigenvalue weighted by molar-refractivity contribution is 5.94. The maximum atomic E-state index is 11.8. The maximum Gasteiger partial charge on any atom is 0.251 e. The van der Waals surface area contributed by atoms with Crippen molar-refractivity contribution >= 4 is 5.91 Å². The number of nitrogens with one attached hydrogen (secondary N) is 2. The molecule has 1 aliphatic carbocycles. The topological polar surface area (TPSA) is 92.7 Å². The minimum Gasteiger partial charge on any atom is -0.347 e. The zero-order valence-electron chi connectivity index (χ0n) is 63.3. The second kappa shape index (κ2) is 33.3. The van der Waals surface area contributed by atoms with E-state index in [1.807, 2.05) is 78.3 Å². The Labute approximate surface area is 551 Å². The molecule has 8 rings (SSSR count). The van der Waals surface area contributed by atoms with Crippen molar-refractivity contribution in [2.75, 3.05) is 0 Å². The second-order valence-electron chi connectivity index (χ2n) is 32.5. The van der Waals surface area contributed by atoms with Crippen molar-refractivity contribution in [2.24, 2.45) is 0 Å². The number of carbonyl (C=O) groups excluding carboxylic acids is 1. The molecule has 494 valence electrons. The second-order valence-corrected chi connectivity index (χ2v) is 32.5. The summed E-state index contributed by atoms with van der Waals surface area (Å²) in [6.45, 7) is 72.3. The monoisotopic (exact) mass is 1220 g/mol. The first-order valence-electron chi connectivity index (χ1n) is 33.0. The van der Waals surface area contributed by atoms with Gasteiger partial charge in [-0.3, -0.25) is 14.8 Å². The van der Waals surface area contributed by atoms with Gasteiger partial charge in [-0.2, -0.15) is 0 Å². The smallest absolute Gasteiger partial charge is 0.251 e. The summed E-state index contributed by atoms with van der Waals surface area (Å²) < 4.78 is 0. The van der Waals surface area contributed by atoms with Gasteiger partial charge in [-0.1, -0.05) is 165 Å². The molecule has 90 heavy (non-hydrogen) atoms. The van der Waals surface area contributed by atoms with E-state index in [9.17, 15) is 4.79 Å². The van der Waals surface area contributed by atoms with E-state index in [1.165, 1.54) is 97.2 Å². The fourth-order valence-corrected chi connectivity index (χ4v) is 10.4. The zero-order valence-corrected chi connectivity index (χ0v) is 63.3. The summed E-state index contributed by atoms with van der Waals surface area (Å²) in [6, 6.07) is 28.3. The summed E-state index contributed by atoms with van der Waals surface area (Å²) in [5, 5.41) is 6.43. The van der Waals surface area contributed by atoms with E-state index in [-0.39, 0.29) is 38.6 Å². The lowest BCUT2D eigenvalue weighted by Crippen LogP contribution is -2.40. The molecular weight excluding hydrogens is 1100 g/mol. The number of hydrogen-bond acceptors (Lipinski definition) is 6. The molecule has 4 aromatic carbocycles. The quantitative estimate of drug-likeness (QED) is 0.183. The molecule has 1 aliphatic rings. The van der Waals surface area contributed by atoms with E-state index in [1.54, 1.807) is 17.5 Å². The summed E-state index contributed by atoms with van der Waals surface area (Å²) in [5.41, 5.74) is 28.7. The lowest BCUT2D eigenvalue weighted by molar-refractivity contribution is 0.0919. The first kappa shape index (κ1) is 79.8. The zero-order chi connectivity index (χ0) is 69.3. The number of aryl methyl sites for hydroxylation is 12. The third-order valence-corrected chi connectivity index (χ3v) is 16.5. The van der Waals surface area contributed by atoms with Crippen molar-refractivity contribution in [3.05, 3.63) is 221 Å². The minimum absolute atomic E-state index is 0.00870. The number of pyridine rings is 2. The van der Waals surface area contributed by atoms with Crippen LogP contribution in [0.3, 0.4) is 0 Å². The lowest BCUT2D eigenvalue weighted by Gasteiger charge is -2.23. The number of fused-ring (bicyclic) bond motifs is 1. The van der Waals surface area contributed by atoms with Crippen molar-refractivity contribution in [3.8, 4) is 0 Å². The molecule has 7 heteroatoms. The van der Waals surface area contributed by atoms with Crippen LogP contribution in [-0.4, -0.2) is 36.9 Å². The van der Waals surface area contributed by atoms with Gasteiger partial charge in [0.25, 0.3) is 5.91 Å². The van der Waals surface area contributed by atoms with Gasteiger partial charge < -0.3 is 10.6 Å². The van der Waals surface area contributed by atoms with Crippen molar-refractivity contribution in [1.82, 2.24) is 30.6 Å². The van der Waals surface area contributed by atoms with E-state index in [4.69, 9.17) is 0 Å². The number of benzene rings is 4. The highest BCUT2D eigenvalue weighted by Crippen LogP contribution is 2.31. The molecule has 0 bridgehead atoms. The van der Waals surface area contributed by atoms with E-state index in [0.29, 0.717) is 5.41 Å². The Morgan fingerprint density at radius 3 is 1.41 bits per heavy atom. The van der Waals surface area contributed by atoms with Gasteiger partial charge in [-0.05, 0) is 284 Å². The summed E-state index contributed by atoms with van der Waals surface area (Å²) in [5.74, 6) is -0.00870. The number of amides is 1. The Bertz CT molecular complexity index is 3330. The van der Waals surface area contributed by atoms with Gasteiger partial charge in [0.05, 0.1) is 0 Å². The number of nitrogens with zero attached hydrogens (tertiary/aromatic N) is 4. The molecule has 0 fully saturated rings. The van der Waals surface area contributed by atoms with E-state index < -0.39 is 0 Å². The molecule has 0 radical (unpaired) electrons. The van der Waals surface area contributed by atoms with Crippen molar-refractivity contribution in [1.29, 1.82) is 0 Å². The van der Waals surface area contributed by atoms with Crippen LogP contribution >= 0.6 is 0 Å². The van der Waals surface area contributed by atoms with Gasteiger partial charge in [-0.15, -0.1) is 0 Å². The van der Waals surface area contributed by atoms with E-state index >= 15 is 0 Å². The van der Waals surface area contributed by atoms with Gasteiger partial charge in [-0.25, -0.2) is 9.97 Å². The van der Waals surface area contributed by atoms with Crippen molar-refractivity contribution in [3.63, 3.8) is 0 Å². The van der Waals surface area contributed by atoms with Crippen LogP contribution in [0.25, 0.3) is 0 Å². The van der Waals surface area contributed by atoms with Gasteiger partial charge >= 0.3 is 0 Å². The molecular formula is C83H126N6O. The molecule has 7 aromatic rings. The number of aromatic nitrogens is 4. The molecule has 1 amide bonds. The third kappa shape index (κ3) is 27.7. The van der Waals surface area contributed by atoms with Gasteiger partial charge in [0.15, 0.2) is 0 Å². The molecule has 7 nitrogen and oxygen atoms in total. The van der Waals surface area contributed by atoms with Crippen LogP contribution in [0.4, 0.5) is 0 Å². The molecule has 0 unspecified atom stereocenters. The Morgan fingerprint density at radius 1 is 0.411 bits per heavy atom. The van der Waals surface area contributed by atoms with Crippen LogP contribution in [0.1, 0.15) is 274 Å². The Balaban J connectivity index is 0.000000359. The molecule has 0 spiro atoms. The average Bonchev–Trinajstić information content (AvgIpc) is 1.26. The van der Waals surface area contributed by atoms with Crippen LogP contribution in [0, 0.1) is 83.1 Å². The fourth-order valence-electron chi connectivity index (χ4n) is 10.4. The predicted molar refractivity (Wildman–Crippen MR) is 392 cm³/mol. The summed E-state index contributed by atoms with van der Waals surface area (Å²) in [7, 11) is 0. The van der Waals surface area contributed by atoms with Crippen LogP contribution in [0.15, 0.2) is 104 Å². The number of rotatable bonds is 3. The third-order valence-electron chi connectivity index (χ3n) is 16.5. The highest BCUT2D eigenvalue weighted by Gasteiger charge is 2.22. The van der Waals surface area contributed by atoms with E-state index in [2.05, 4.69) is 278 Å². The Morgan fingerprint density at radius 2 is 0.944 bits per heavy atom. The molecule has 2 N–H and O–H groups in total. The summed E-state index contributed by atoms with van der Waals surface area (Å²) in [6.07, 6.45) is 11.2. The minimum atomic E-state index is -0.185. The first-order chi connectivity index (χ1) is 40.9. The predicted octanol–water partition coefficient (Wildman–Crippen LogP) is 21.5. The van der Waals surface area contributed by atoms with Crippen molar-refractivity contribution < 1.29 is 4.79 Å². The number of carbonyl (C=O) groups is 1. The summed E-state index contributed by atoms with van der Waals surface area (Å²) in [4.78, 5) is 28.5. The normalized spacial score (nSPS) is 12.3. The Kier molecular flexibility index (Phi) is 29.5. The molecule has 0 saturated heterocycles. The maximum absolute atomic E-state index is 11.8. The number of hydrogen-bond donors (Lipinski definition) is 2. The first-order valence-corrected chi connectivity index (χ1v) is 33.0. The standard InChI is InChI=1S/C13H19NO.C13H21N.C13H18.C13H20.C12H19N.C10H15N.C9H14N2/c1-9-6-7-11(8-10(9)2)12(15)14-13(3,4)5;1-10-6-7-12(8-11(10)2)9-14-13(3,4)5;1-13(2,3)12-8-7-10-5-4-6-11(10)9-12;1-9-7-8-12(13(4,5)6)11(3)10(9)2;1-8-7-11(12(4,5)6)10(3)13-9(8)2;1-8-7-11-6-5-9(8)10(2,3)4;1-7-8(9(2,3)4)5-10-6-11-7/h6-8H,1-5H3,(H,14,15);6-8,14H,9H2,1-5H3;7-9H,4-6H2,1-3H3;7-8H,1-6H3;7H,1-6H3;5-7H,1-4H3;5-6H,1-4H3. The van der Waals surface area contributed by atoms with Crippen molar-refractivity contribution in [2.45, 2.75) is 292 Å². The lowest BCUT2D eigenvalue weighted by atomic mass is 9.82. The molecule has 3 heterocycles. The average molecular weight is 1220 g/mol. The summed E-state index contributed by atoms with van der Waals surface area (Å²) >= 11 is 0. The van der Waals surface area contributed by atoms with E-state index in [0.717, 1.165) is 34.8 Å². The largest absolute Gasteiger partial charge is 0.347 e. The molecule has 3 aromatic heterocycles. The van der Waals surface area contributed by atoms with Gasteiger partial charge in [0.2, 0.25) is 0 Å². The highest BCUT2D eigenvalue weighted by atomic mass is 16.1. The van der Waals surface area contributed by atoms with Gasteiger partial charge in [0, 0.05) is 58.9 Å². The van der Waals surface area contributed by atoms with Crippen LogP contribution in [0.2, 0.25) is 0 Å². The van der Waals surface area contributed by atoms with Crippen LogP contribution in [0.5, 0.6) is 0 Å².